The van der Waals surface area contributed by atoms with E-state index in [0.717, 1.165) is 19.5 Å². The van der Waals surface area contributed by atoms with Crippen LogP contribution in [0.1, 0.15) is 114 Å². The van der Waals surface area contributed by atoms with Crippen LogP contribution in [0.15, 0.2) is 24.3 Å². The van der Waals surface area contributed by atoms with Gasteiger partial charge in [-0.25, -0.2) is 4.79 Å². The molecule has 0 aliphatic rings. The summed E-state index contributed by atoms with van der Waals surface area (Å²) in [5.74, 6) is -1.62. The van der Waals surface area contributed by atoms with Crippen molar-refractivity contribution in [2.45, 2.75) is 103 Å². The maximum absolute atomic E-state index is 10.7. The molecule has 1 aromatic carbocycles. The minimum atomic E-state index is -1.18. The fourth-order valence-electron chi connectivity index (χ4n) is 4.45. The molecule has 0 radical (unpaired) electrons. The largest absolute Gasteiger partial charge is 0.872 e. The number of aliphatic hydroxyl groups is 3. The summed E-state index contributed by atoms with van der Waals surface area (Å²) in [6.07, 6.45) is 19.6. The average molecular weight is 512 g/mol. The number of carbonyl (C=O) groups is 1. The van der Waals surface area contributed by atoms with Crippen LogP contribution in [0.4, 0.5) is 0 Å². The van der Waals surface area contributed by atoms with E-state index < -0.39 is 11.7 Å². The SMILES string of the molecule is CCCCCCCCCCCCCCCC[N+](CO)(CCO)CCCO.O=C(O)c1ccccc1[O-]. The molecule has 1 atom stereocenters. The van der Waals surface area contributed by atoms with Crippen molar-refractivity contribution in [3.63, 3.8) is 0 Å². The Morgan fingerprint density at radius 2 is 1.17 bits per heavy atom. The highest BCUT2D eigenvalue weighted by atomic mass is 16.4. The van der Waals surface area contributed by atoms with E-state index in [-0.39, 0.29) is 25.5 Å². The molecule has 36 heavy (non-hydrogen) atoms. The summed E-state index contributed by atoms with van der Waals surface area (Å²) in [5, 5.41) is 47.1. The fraction of sp³-hybridized carbons (Fsp3) is 0.759. The molecule has 0 saturated carbocycles. The number of para-hydroxylation sites is 1. The van der Waals surface area contributed by atoms with Crippen molar-refractivity contribution in [1.82, 2.24) is 0 Å². The Kier molecular flexibility index (Phi) is 22.6. The third-order valence-corrected chi connectivity index (χ3v) is 6.77. The van der Waals surface area contributed by atoms with Crippen LogP contribution in [0, 0.1) is 0 Å². The lowest BCUT2D eigenvalue weighted by Crippen LogP contribution is -2.52. The first-order chi connectivity index (χ1) is 17.5. The number of quaternary nitrogens is 1. The van der Waals surface area contributed by atoms with Gasteiger partial charge in [-0.1, -0.05) is 108 Å². The second-order valence-corrected chi connectivity index (χ2v) is 9.85. The molecule has 0 aromatic heterocycles. The van der Waals surface area contributed by atoms with Gasteiger partial charge in [0.2, 0.25) is 0 Å². The highest BCUT2D eigenvalue weighted by molar-refractivity contribution is 5.90. The summed E-state index contributed by atoms with van der Waals surface area (Å²) in [7, 11) is 0. The molecule has 0 amide bonds. The van der Waals surface area contributed by atoms with Gasteiger partial charge in [-0.2, -0.15) is 0 Å². The second-order valence-electron chi connectivity index (χ2n) is 9.85. The van der Waals surface area contributed by atoms with E-state index in [9.17, 15) is 20.1 Å². The molecular weight excluding hydrogens is 458 g/mol. The Bertz CT molecular complexity index is 642. The van der Waals surface area contributed by atoms with Crippen molar-refractivity contribution in [1.29, 1.82) is 0 Å². The lowest BCUT2D eigenvalue weighted by molar-refractivity contribution is -0.945. The molecule has 0 heterocycles. The lowest BCUT2D eigenvalue weighted by atomic mass is 10.0. The van der Waals surface area contributed by atoms with E-state index in [1.54, 1.807) is 0 Å². The van der Waals surface area contributed by atoms with Crippen LogP contribution in [-0.4, -0.2) is 70.5 Å². The van der Waals surface area contributed by atoms with Crippen molar-refractivity contribution in [3.8, 4) is 5.75 Å². The summed E-state index contributed by atoms with van der Waals surface area (Å²) in [5.41, 5.74) is -0.178. The fourth-order valence-corrected chi connectivity index (χ4v) is 4.45. The molecule has 4 N–H and O–H groups in total. The van der Waals surface area contributed by atoms with Crippen molar-refractivity contribution in [2.24, 2.45) is 0 Å². The Labute approximate surface area is 219 Å². The Morgan fingerprint density at radius 1 is 0.694 bits per heavy atom. The first-order valence-electron chi connectivity index (χ1n) is 14.1. The van der Waals surface area contributed by atoms with Crippen molar-refractivity contribution < 1.29 is 34.8 Å². The van der Waals surface area contributed by atoms with Crippen LogP contribution >= 0.6 is 0 Å². The van der Waals surface area contributed by atoms with Crippen LogP contribution < -0.4 is 5.11 Å². The molecule has 1 rings (SSSR count). The zero-order valence-electron chi connectivity index (χ0n) is 22.7. The second kappa shape index (κ2) is 23.7. The van der Waals surface area contributed by atoms with E-state index >= 15 is 0 Å². The van der Waals surface area contributed by atoms with Gasteiger partial charge in [0, 0.05) is 13.0 Å². The molecule has 0 aliphatic carbocycles. The maximum atomic E-state index is 10.7. The molecule has 7 nitrogen and oxygen atoms in total. The number of aliphatic hydroxyl groups excluding tert-OH is 3. The maximum Gasteiger partial charge on any atom is 0.335 e. The Morgan fingerprint density at radius 3 is 1.56 bits per heavy atom. The normalized spacial score (nSPS) is 12.6. The van der Waals surface area contributed by atoms with E-state index in [2.05, 4.69) is 6.92 Å². The van der Waals surface area contributed by atoms with E-state index in [4.69, 9.17) is 10.2 Å². The van der Waals surface area contributed by atoms with E-state index in [1.807, 2.05) is 0 Å². The molecule has 0 bridgehead atoms. The molecule has 0 saturated heterocycles. The number of nitrogens with zero attached hydrogens (tertiary/aromatic N) is 1. The third kappa shape index (κ3) is 17.7. The van der Waals surface area contributed by atoms with E-state index in [1.165, 1.54) is 108 Å². The van der Waals surface area contributed by atoms with Gasteiger partial charge in [0.1, 0.15) is 6.54 Å². The number of hydrogen-bond donors (Lipinski definition) is 4. The van der Waals surface area contributed by atoms with Gasteiger partial charge in [-0.3, -0.25) is 4.48 Å². The number of carboxylic acid groups (broad SMARTS) is 1. The van der Waals surface area contributed by atoms with Crippen LogP contribution in [0.25, 0.3) is 0 Å². The summed E-state index contributed by atoms with van der Waals surface area (Å²) in [6, 6.07) is 5.54. The van der Waals surface area contributed by atoms with Crippen LogP contribution in [0.2, 0.25) is 0 Å². The number of aromatic carboxylic acids is 1. The average Bonchev–Trinajstić information content (AvgIpc) is 2.88. The summed E-state index contributed by atoms with van der Waals surface area (Å²) in [4.78, 5) is 10.2. The van der Waals surface area contributed by atoms with Crippen LogP contribution in [-0.2, 0) is 0 Å². The van der Waals surface area contributed by atoms with Gasteiger partial charge in [0.05, 0.1) is 25.3 Å². The smallest absolute Gasteiger partial charge is 0.335 e. The van der Waals surface area contributed by atoms with Gasteiger partial charge in [0.25, 0.3) is 0 Å². The summed E-state index contributed by atoms with van der Waals surface area (Å²) in [6.45, 7) is 4.86. The molecule has 0 aliphatic heterocycles. The zero-order valence-corrected chi connectivity index (χ0v) is 22.7. The van der Waals surface area contributed by atoms with Crippen molar-refractivity contribution in [3.05, 3.63) is 29.8 Å². The number of unbranched alkanes of at least 4 members (excludes halogenated alkanes) is 13. The predicted molar refractivity (Wildman–Crippen MR) is 144 cm³/mol. The van der Waals surface area contributed by atoms with Gasteiger partial charge in [-0.15, -0.1) is 0 Å². The quantitative estimate of drug-likeness (QED) is 0.0980. The Balaban J connectivity index is 0.00000101. The Hall–Kier alpha value is -1.67. The van der Waals surface area contributed by atoms with Gasteiger partial charge in [-0.05, 0) is 18.9 Å². The minimum absolute atomic E-state index is 0.0685. The highest BCUT2D eigenvalue weighted by Gasteiger charge is 2.24. The molecule has 0 fully saturated rings. The first-order valence-corrected chi connectivity index (χ1v) is 14.1. The van der Waals surface area contributed by atoms with Crippen LogP contribution in [0.5, 0.6) is 5.75 Å². The monoisotopic (exact) mass is 511 g/mol. The number of benzene rings is 1. The van der Waals surface area contributed by atoms with Gasteiger partial charge < -0.3 is 25.5 Å². The van der Waals surface area contributed by atoms with Crippen molar-refractivity contribution >= 4 is 5.97 Å². The molecule has 7 heteroatoms. The first kappa shape index (κ1) is 34.3. The molecular formula is C29H53NO6. The van der Waals surface area contributed by atoms with E-state index in [0.29, 0.717) is 17.4 Å². The molecule has 0 spiro atoms. The zero-order chi connectivity index (χ0) is 26.9. The highest BCUT2D eigenvalue weighted by Crippen LogP contribution is 2.15. The molecule has 210 valence electrons. The predicted octanol–water partition coefficient (Wildman–Crippen LogP) is 5.07. The number of carboxylic acids is 1. The standard InChI is InChI=1S/C22H48NO3.C7H6O3/c1-2-3-4-5-6-7-8-9-10-11-12-13-14-15-17-23(22-26,19-21-25)18-16-20-24;8-6-4-2-1-3-5(6)7(9)10/h24-26H,2-22H2,1H3;1-4,8H,(H,9,10)/q+1;/p-1. The molecule has 1 aromatic rings. The van der Waals surface area contributed by atoms with Gasteiger partial charge >= 0.3 is 5.97 Å². The van der Waals surface area contributed by atoms with Crippen LogP contribution in [0.3, 0.4) is 0 Å². The minimum Gasteiger partial charge on any atom is -0.872 e. The van der Waals surface area contributed by atoms with Gasteiger partial charge in [0.15, 0.2) is 6.73 Å². The van der Waals surface area contributed by atoms with Crippen molar-refractivity contribution in [2.75, 3.05) is 39.6 Å². The lowest BCUT2D eigenvalue weighted by Gasteiger charge is -2.36. The number of hydrogen-bond acceptors (Lipinski definition) is 5. The number of rotatable bonds is 22. The summed E-state index contributed by atoms with van der Waals surface area (Å²) < 4.78 is 0.537. The topological polar surface area (TPSA) is 121 Å². The molecule has 1 unspecified atom stereocenters. The summed E-state index contributed by atoms with van der Waals surface area (Å²) >= 11 is 0. The third-order valence-electron chi connectivity index (χ3n) is 6.77.